The van der Waals surface area contributed by atoms with Crippen molar-refractivity contribution < 1.29 is 8.78 Å². The third-order valence-corrected chi connectivity index (χ3v) is 4.22. The van der Waals surface area contributed by atoms with E-state index in [2.05, 4.69) is 24.1 Å². The van der Waals surface area contributed by atoms with Crippen molar-refractivity contribution in [1.82, 2.24) is 10.2 Å². The van der Waals surface area contributed by atoms with Crippen molar-refractivity contribution >= 4 is 0 Å². The number of nitrogens with zero attached hydrogens (tertiary/aromatic N) is 1. The lowest BCUT2D eigenvalue weighted by molar-refractivity contribution is 0.142. The highest BCUT2D eigenvalue weighted by molar-refractivity contribution is 5.19. The van der Waals surface area contributed by atoms with Gasteiger partial charge in [-0.25, -0.2) is 8.78 Å². The number of nitrogens with one attached hydrogen (secondary N) is 1. The van der Waals surface area contributed by atoms with E-state index in [0.29, 0.717) is 18.5 Å². The summed E-state index contributed by atoms with van der Waals surface area (Å²) >= 11 is 0. The number of hydrogen-bond donors (Lipinski definition) is 1. The first-order valence-electron chi connectivity index (χ1n) is 7.50. The largest absolute Gasteiger partial charge is 0.314 e. The predicted molar refractivity (Wildman–Crippen MR) is 77.5 cm³/mol. The van der Waals surface area contributed by atoms with Crippen LogP contribution in [0.5, 0.6) is 0 Å². The van der Waals surface area contributed by atoms with Crippen molar-refractivity contribution in [3.63, 3.8) is 0 Å². The van der Waals surface area contributed by atoms with Crippen molar-refractivity contribution in [2.75, 3.05) is 19.6 Å². The maximum atomic E-state index is 13.7. The fourth-order valence-electron chi connectivity index (χ4n) is 3.04. The third kappa shape index (κ3) is 3.76. The van der Waals surface area contributed by atoms with Gasteiger partial charge in [0.15, 0.2) is 0 Å². The van der Waals surface area contributed by atoms with Gasteiger partial charge in [-0.05, 0) is 50.9 Å². The molecule has 0 radical (unpaired) electrons. The second kappa shape index (κ2) is 7.14. The highest BCUT2D eigenvalue weighted by atomic mass is 19.1. The minimum absolute atomic E-state index is 0.198. The van der Waals surface area contributed by atoms with Crippen LogP contribution in [0.2, 0.25) is 0 Å². The molecule has 2 nitrogen and oxygen atoms in total. The normalized spacial score (nSPS) is 21.9. The molecule has 1 fully saturated rings. The lowest BCUT2D eigenvalue weighted by atomic mass is 9.91. The predicted octanol–water partition coefficient (Wildman–Crippen LogP) is 3.17. The molecule has 0 amide bonds. The Kier molecular flexibility index (Phi) is 5.49. The van der Waals surface area contributed by atoms with Crippen LogP contribution in [0.4, 0.5) is 8.78 Å². The van der Waals surface area contributed by atoms with Gasteiger partial charge in [-0.15, -0.1) is 0 Å². The zero-order valence-electron chi connectivity index (χ0n) is 12.3. The average molecular weight is 282 g/mol. The van der Waals surface area contributed by atoms with Gasteiger partial charge in [0.1, 0.15) is 11.6 Å². The standard InChI is InChI=1S/C16H24F2N2/c1-3-19-12(2)13-6-5-9-20(10-13)11-14-15(17)7-4-8-16(14)18/h4,7-8,12-13,19H,3,5-6,9-11H2,1-2H3. The van der Waals surface area contributed by atoms with Crippen molar-refractivity contribution in [3.8, 4) is 0 Å². The maximum Gasteiger partial charge on any atom is 0.130 e. The van der Waals surface area contributed by atoms with Crippen LogP contribution < -0.4 is 5.32 Å². The van der Waals surface area contributed by atoms with Crippen molar-refractivity contribution in [3.05, 3.63) is 35.4 Å². The summed E-state index contributed by atoms with van der Waals surface area (Å²) in [6.07, 6.45) is 2.28. The molecular weight excluding hydrogens is 258 g/mol. The van der Waals surface area contributed by atoms with Crippen LogP contribution >= 0.6 is 0 Å². The molecule has 0 saturated carbocycles. The summed E-state index contributed by atoms with van der Waals surface area (Å²) in [5.74, 6) is -0.322. The van der Waals surface area contributed by atoms with E-state index in [1.165, 1.54) is 24.6 Å². The molecule has 0 spiro atoms. The van der Waals surface area contributed by atoms with E-state index >= 15 is 0 Å². The number of benzene rings is 1. The summed E-state index contributed by atoms with van der Waals surface area (Å²) in [5.41, 5.74) is 0.198. The molecular formula is C16H24F2N2. The molecule has 20 heavy (non-hydrogen) atoms. The SMILES string of the molecule is CCNC(C)C1CCCN(Cc2c(F)cccc2F)C1. The molecule has 4 heteroatoms. The smallest absolute Gasteiger partial charge is 0.130 e. The quantitative estimate of drug-likeness (QED) is 0.892. The molecule has 1 aliphatic rings. The molecule has 0 aliphatic carbocycles. The van der Waals surface area contributed by atoms with E-state index in [4.69, 9.17) is 0 Å². The molecule has 1 heterocycles. The van der Waals surface area contributed by atoms with Crippen LogP contribution in [-0.4, -0.2) is 30.6 Å². The fourth-order valence-corrected chi connectivity index (χ4v) is 3.04. The van der Waals surface area contributed by atoms with E-state index in [1.807, 2.05) is 0 Å². The number of hydrogen-bond acceptors (Lipinski definition) is 2. The van der Waals surface area contributed by atoms with Crippen LogP contribution in [0.1, 0.15) is 32.3 Å². The summed E-state index contributed by atoms with van der Waals surface area (Å²) < 4.78 is 27.4. The number of rotatable bonds is 5. The van der Waals surface area contributed by atoms with Crippen LogP contribution in [0.3, 0.4) is 0 Å². The zero-order valence-corrected chi connectivity index (χ0v) is 12.3. The fraction of sp³-hybridized carbons (Fsp3) is 0.625. The summed E-state index contributed by atoms with van der Waals surface area (Å²) in [5, 5.41) is 3.45. The molecule has 1 saturated heterocycles. The number of piperidine rings is 1. The Morgan fingerprint density at radius 3 is 2.70 bits per heavy atom. The van der Waals surface area contributed by atoms with Gasteiger partial charge in [0.2, 0.25) is 0 Å². The van der Waals surface area contributed by atoms with Crippen molar-refractivity contribution in [2.45, 2.75) is 39.3 Å². The lowest BCUT2D eigenvalue weighted by Crippen LogP contribution is -2.44. The third-order valence-electron chi connectivity index (χ3n) is 4.22. The van der Waals surface area contributed by atoms with Gasteiger partial charge < -0.3 is 5.32 Å². The topological polar surface area (TPSA) is 15.3 Å². The van der Waals surface area contributed by atoms with Crippen LogP contribution in [0.25, 0.3) is 0 Å². The van der Waals surface area contributed by atoms with Gasteiger partial charge in [-0.1, -0.05) is 13.0 Å². The Morgan fingerprint density at radius 1 is 1.35 bits per heavy atom. The lowest BCUT2D eigenvalue weighted by Gasteiger charge is -2.36. The molecule has 0 bridgehead atoms. The second-order valence-electron chi connectivity index (χ2n) is 5.68. The van der Waals surface area contributed by atoms with Gasteiger partial charge in [0, 0.05) is 24.7 Å². The van der Waals surface area contributed by atoms with Crippen molar-refractivity contribution in [1.29, 1.82) is 0 Å². The maximum absolute atomic E-state index is 13.7. The Morgan fingerprint density at radius 2 is 2.05 bits per heavy atom. The first-order valence-corrected chi connectivity index (χ1v) is 7.50. The van der Waals surface area contributed by atoms with Crippen LogP contribution in [0, 0.1) is 17.6 Å². The highest BCUT2D eigenvalue weighted by Crippen LogP contribution is 2.23. The monoisotopic (exact) mass is 282 g/mol. The van der Waals surface area contributed by atoms with E-state index in [9.17, 15) is 8.78 Å². The molecule has 0 aromatic heterocycles. The molecule has 112 valence electrons. The van der Waals surface area contributed by atoms with Gasteiger partial charge in [-0.2, -0.15) is 0 Å². The Labute approximate surface area is 120 Å². The summed E-state index contributed by atoms with van der Waals surface area (Å²) in [7, 11) is 0. The molecule has 2 atom stereocenters. The van der Waals surface area contributed by atoms with Gasteiger partial charge in [0.25, 0.3) is 0 Å². The first-order chi connectivity index (χ1) is 9.61. The highest BCUT2D eigenvalue weighted by Gasteiger charge is 2.25. The van der Waals surface area contributed by atoms with E-state index in [0.717, 1.165) is 26.1 Å². The van der Waals surface area contributed by atoms with E-state index in [-0.39, 0.29) is 5.56 Å². The Bertz CT molecular complexity index is 416. The molecule has 1 aromatic carbocycles. The molecule has 2 unspecified atom stereocenters. The minimum Gasteiger partial charge on any atom is -0.314 e. The zero-order chi connectivity index (χ0) is 14.5. The summed E-state index contributed by atoms with van der Waals surface area (Å²) in [6, 6.07) is 4.54. The molecule has 2 rings (SSSR count). The second-order valence-corrected chi connectivity index (χ2v) is 5.68. The average Bonchev–Trinajstić information content (AvgIpc) is 2.44. The van der Waals surface area contributed by atoms with E-state index in [1.54, 1.807) is 0 Å². The molecule has 1 aromatic rings. The first kappa shape index (κ1) is 15.4. The molecule has 1 N–H and O–H groups in total. The Hall–Kier alpha value is -1.00. The van der Waals surface area contributed by atoms with Gasteiger partial charge >= 0.3 is 0 Å². The van der Waals surface area contributed by atoms with Gasteiger partial charge in [0.05, 0.1) is 0 Å². The van der Waals surface area contributed by atoms with Crippen LogP contribution in [-0.2, 0) is 6.54 Å². The number of halogens is 2. The molecule has 1 aliphatic heterocycles. The summed E-state index contributed by atoms with van der Waals surface area (Å²) in [4.78, 5) is 2.17. The van der Waals surface area contributed by atoms with E-state index < -0.39 is 11.6 Å². The summed E-state index contributed by atoms with van der Waals surface area (Å²) in [6.45, 7) is 7.45. The Balaban J connectivity index is 1.99. The van der Waals surface area contributed by atoms with Gasteiger partial charge in [-0.3, -0.25) is 4.90 Å². The number of likely N-dealkylation sites (tertiary alicyclic amines) is 1. The van der Waals surface area contributed by atoms with Crippen LogP contribution in [0.15, 0.2) is 18.2 Å². The van der Waals surface area contributed by atoms with Crippen molar-refractivity contribution in [2.24, 2.45) is 5.92 Å². The minimum atomic E-state index is -0.438.